The van der Waals surface area contributed by atoms with Crippen molar-refractivity contribution in [2.45, 2.75) is 33.2 Å². The lowest BCUT2D eigenvalue weighted by Crippen LogP contribution is -2.38. The SMILES string of the molecule is Cc1nn(C(C)C(=O)NCCc2ccccc2)c(=O)c2c(C)n(-c3ccccc3)nc12. The number of carbonyl (C=O) groups excluding carboxylic acids is 1. The van der Waals surface area contributed by atoms with E-state index >= 15 is 0 Å². The van der Waals surface area contributed by atoms with E-state index in [4.69, 9.17) is 0 Å². The van der Waals surface area contributed by atoms with Gasteiger partial charge in [0.2, 0.25) is 5.91 Å². The summed E-state index contributed by atoms with van der Waals surface area (Å²) in [7, 11) is 0. The minimum atomic E-state index is -0.731. The number of hydrogen-bond donors (Lipinski definition) is 1. The first-order valence-corrected chi connectivity index (χ1v) is 10.3. The second-order valence-electron chi connectivity index (χ2n) is 7.59. The summed E-state index contributed by atoms with van der Waals surface area (Å²) >= 11 is 0. The molecule has 4 rings (SSSR count). The molecular weight excluding hydrogens is 390 g/mol. The number of carbonyl (C=O) groups is 1. The molecule has 0 saturated heterocycles. The zero-order valence-corrected chi connectivity index (χ0v) is 17.9. The highest BCUT2D eigenvalue weighted by Gasteiger charge is 2.23. The molecule has 31 heavy (non-hydrogen) atoms. The van der Waals surface area contributed by atoms with Crippen molar-refractivity contribution in [2.75, 3.05) is 6.54 Å². The molecule has 2 aromatic carbocycles. The fraction of sp³-hybridized carbons (Fsp3) is 0.250. The predicted octanol–water partition coefficient (Wildman–Crippen LogP) is 3.12. The molecule has 1 amide bonds. The van der Waals surface area contributed by atoms with Crippen LogP contribution in [0.2, 0.25) is 0 Å². The molecule has 0 aliphatic rings. The summed E-state index contributed by atoms with van der Waals surface area (Å²) in [5, 5.41) is 12.4. The lowest BCUT2D eigenvalue weighted by Gasteiger charge is -2.15. The van der Waals surface area contributed by atoms with Gasteiger partial charge in [-0.1, -0.05) is 48.5 Å². The molecule has 0 bridgehead atoms. The highest BCUT2D eigenvalue weighted by Crippen LogP contribution is 2.20. The van der Waals surface area contributed by atoms with E-state index in [2.05, 4.69) is 15.5 Å². The second-order valence-corrected chi connectivity index (χ2v) is 7.59. The van der Waals surface area contributed by atoms with Gasteiger partial charge in [-0.25, -0.2) is 9.36 Å². The van der Waals surface area contributed by atoms with Crippen molar-refractivity contribution >= 4 is 16.8 Å². The highest BCUT2D eigenvalue weighted by molar-refractivity contribution is 5.84. The smallest absolute Gasteiger partial charge is 0.278 e. The van der Waals surface area contributed by atoms with Gasteiger partial charge >= 0.3 is 0 Å². The Morgan fingerprint density at radius 1 is 1.00 bits per heavy atom. The zero-order chi connectivity index (χ0) is 22.0. The first-order valence-electron chi connectivity index (χ1n) is 10.3. The lowest BCUT2D eigenvalue weighted by molar-refractivity contribution is -0.124. The molecule has 4 aromatic rings. The molecule has 0 aliphatic heterocycles. The second kappa shape index (κ2) is 8.55. The topological polar surface area (TPSA) is 81.8 Å². The summed E-state index contributed by atoms with van der Waals surface area (Å²) in [4.78, 5) is 26.0. The molecule has 7 nitrogen and oxygen atoms in total. The van der Waals surface area contributed by atoms with E-state index in [1.54, 1.807) is 18.5 Å². The maximum Gasteiger partial charge on any atom is 0.278 e. The fourth-order valence-electron chi connectivity index (χ4n) is 3.70. The summed E-state index contributed by atoms with van der Waals surface area (Å²) in [5.74, 6) is -0.239. The van der Waals surface area contributed by atoms with Crippen LogP contribution in [0.3, 0.4) is 0 Å². The van der Waals surface area contributed by atoms with Crippen LogP contribution in [0.25, 0.3) is 16.6 Å². The summed E-state index contributed by atoms with van der Waals surface area (Å²) in [5.41, 5.74) is 3.59. The van der Waals surface area contributed by atoms with E-state index in [1.165, 1.54) is 4.68 Å². The van der Waals surface area contributed by atoms with Crippen LogP contribution in [0, 0.1) is 13.8 Å². The third-order valence-electron chi connectivity index (χ3n) is 5.44. The maximum atomic E-state index is 13.3. The van der Waals surface area contributed by atoms with Crippen LogP contribution in [0.5, 0.6) is 0 Å². The number of aromatic nitrogens is 4. The number of benzene rings is 2. The molecule has 0 saturated carbocycles. The van der Waals surface area contributed by atoms with E-state index in [1.807, 2.05) is 67.6 Å². The number of hydrogen-bond acceptors (Lipinski definition) is 4. The first-order chi connectivity index (χ1) is 15.0. The quantitative estimate of drug-likeness (QED) is 0.525. The monoisotopic (exact) mass is 415 g/mol. The van der Waals surface area contributed by atoms with Gasteiger partial charge < -0.3 is 5.32 Å². The minimum absolute atomic E-state index is 0.239. The van der Waals surface area contributed by atoms with E-state index in [9.17, 15) is 9.59 Å². The Labute approximate surface area is 180 Å². The summed E-state index contributed by atoms with van der Waals surface area (Å²) in [6.07, 6.45) is 0.725. The lowest BCUT2D eigenvalue weighted by atomic mass is 10.1. The third kappa shape index (κ3) is 3.99. The molecule has 1 unspecified atom stereocenters. The molecule has 0 spiro atoms. The molecule has 1 N–H and O–H groups in total. The van der Waals surface area contributed by atoms with Gasteiger partial charge in [0.15, 0.2) is 0 Å². The molecule has 158 valence electrons. The Bertz CT molecular complexity index is 1280. The van der Waals surface area contributed by atoms with Crippen molar-refractivity contribution in [3.05, 3.63) is 88.0 Å². The predicted molar refractivity (Wildman–Crippen MR) is 120 cm³/mol. The van der Waals surface area contributed by atoms with Crippen molar-refractivity contribution in [2.24, 2.45) is 0 Å². The normalized spacial score (nSPS) is 12.1. The summed E-state index contributed by atoms with van der Waals surface area (Å²) in [6.45, 7) is 5.85. The Hall–Kier alpha value is -3.74. The van der Waals surface area contributed by atoms with Crippen molar-refractivity contribution < 1.29 is 4.79 Å². The van der Waals surface area contributed by atoms with Crippen LogP contribution in [0.1, 0.15) is 29.9 Å². The molecule has 0 radical (unpaired) electrons. The van der Waals surface area contributed by atoms with Crippen molar-refractivity contribution in [1.82, 2.24) is 24.9 Å². The number of rotatable bonds is 6. The summed E-state index contributed by atoms with van der Waals surface area (Å²) in [6, 6.07) is 18.9. The zero-order valence-electron chi connectivity index (χ0n) is 17.9. The van der Waals surface area contributed by atoms with E-state index in [0.29, 0.717) is 23.1 Å². The van der Waals surface area contributed by atoms with E-state index in [-0.39, 0.29) is 11.5 Å². The first kappa shape index (κ1) is 20.5. The maximum absolute atomic E-state index is 13.3. The minimum Gasteiger partial charge on any atom is -0.354 e. The Kier molecular flexibility index (Phi) is 5.66. The fourth-order valence-corrected chi connectivity index (χ4v) is 3.70. The average molecular weight is 415 g/mol. The third-order valence-corrected chi connectivity index (χ3v) is 5.44. The van der Waals surface area contributed by atoms with E-state index < -0.39 is 6.04 Å². The van der Waals surface area contributed by atoms with Crippen LogP contribution in [0.4, 0.5) is 0 Å². The standard InChI is InChI=1S/C24H25N5O2/c1-16-22-21(17(2)28(27-22)20-12-8-5-9-13-20)24(31)29(26-16)18(3)23(30)25-15-14-19-10-6-4-7-11-19/h4-13,18H,14-15H2,1-3H3,(H,25,30). The Morgan fingerprint density at radius 3 is 2.32 bits per heavy atom. The van der Waals surface area contributed by atoms with Crippen LogP contribution in [-0.2, 0) is 11.2 Å². The highest BCUT2D eigenvalue weighted by atomic mass is 16.2. The van der Waals surface area contributed by atoms with E-state index in [0.717, 1.165) is 23.4 Å². The molecule has 2 heterocycles. The van der Waals surface area contributed by atoms with Gasteiger partial charge in [0.1, 0.15) is 11.6 Å². The van der Waals surface area contributed by atoms with Crippen molar-refractivity contribution in [1.29, 1.82) is 0 Å². The van der Waals surface area contributed by atoms with Gasteiger partial charge in [0, 0.05) is 6.54 Å². The Morgan fingerprint density at radius 2 is 1.65 bits per heavy atom. The van der Waals surface area contributed by atoms with Crippen molar-refractivity contribution in [3.63, 3.8) is 0 Å². The van der Waals surface area contributed by atoms with Gasteiger partial charge in [-0.15, -0.1) is 0 Å². The largest absolute Gasteiger partial charge is 0.354 e. The van der Waals surface area contributed by atoms with Gasteiger partial charge in [-0.3, -0.25) is 9.59 Å². The number of nitrogens with zero attached hydrogens (tertiary/aromatic N) is 4. The van der Waals surface area contributed by atoms with Crippen molar-refractivity contribution in [3.8, 4) is 5.69 Å². The van der Waals surface area contributed by atoms with Gasteiger partial charge in [0.25, 0.3) is 5.56 Å². The Balaban J connectivity index is 1.61. The van der Waals surface area contributed by atoms with Gasteiger partial charge in [-0.05, 0) is 44.9 Å². The molecule has 1 atom stereocenters. The molecule has 2 aromatic heterocycles. The number of para-hydroxylation sites is 1. The molecule has 0 aliphatic carbocycles. The number of fused-ring (bicyclic) bond motifs is 1. The molecule has 7 heteroatoms. The van der Waals surface area contributed by atoms with Gasteiger partial charge in [0.05, 0.1) is 22.5 Å². The number of nitrogens with one attached hydrogen (secondary N) is 1. The van der Waals surface area contributed by atoms with Gasteiger partial charge in [-0.2, -0.15) is 10.2 Å². The van der Waals surface area contributed by atoms with Crippen LogP contribution in [-0.4, -0.2) is 32.0 Å². The molecular formula is C24H25N5O2. The summed E-state index contributed by atoms with van der Waals surface area (Å²) < 4.78 is 3.01. The van der Waals surface area contributed by atoms with Crippen LogP contribution >= 0.6 is 0 Å². The van der Waals surface area contributed by atoms with Crippen LogP contribution in [0.15, 0.2) is 65.5 Å². The average Bonchev–Trinajstić information content (AvgIpc) is 3.15. The number of amides is 1. The number of aryl methyl sites for hydroxylation is 2. The molecule has 0 fully saturated rings. The van der Waals surface area contributed by atoms with Crippen LogP contribution < -0.4 is 10.9 Å².